The summed E-state index contributed by atoms with van der Waals surface area (Å²) in [6, 6.07) is 1.77. The lowest BCUT2D eigenvalue weighted by molar-refractivity contribution is 0.172. The van der Waals surface area contributed by atoms with Gasteiger partial charge in [-0.05, 0) is 41.0 Å². The smallest absolute Gasteiger partial charge is 0.164 e. The molecule has 17 heavy (non-hydrogen) atoms. The molecule has 3 N–H and O–H groups in total. The highest BCUT2D eigenvalue weighted by Gasteiger charge is 2.21. The topological polar surface area (TPSA) is 61.7 Å². The first-order valence-corrected chi connectivity index (χ1v) is 6.26. The van der Waals surface area contributed by atoms with Crippen LogP contribution in [-0.2, 0) is 6.42 Å². The predicted molar refractivity (Wildman–Crippen MR) is 70.6 cm³/mol. The van der Waals surface area contributed by atoms with Crippen LogP contribution >= 0.6 is 15.9 Å². The fourth-order valence-corrected chi connectivity index (χ4v) is 2.56. The van der Waals surface area contributed by atoms with Crippen molar-refractivity contribution in [1.29, 1.82) is 0 Å². The summed E-state index contributed by atoms with van der Waals surface area (Å²) in [5, 5.41) is 22.9. The number of aromatic hydroxyl groups is 1. The standard InChI is InChI=1S/C12H18BrNO3/c1-4-7-5-9(17-3)12(16)10(11(7)13)8(15)6-14-2/h5,8,14-16H,4,6H2,1-3H3. The third-order valence-electron chi connectivity index (χ3n) is 2.64. The number of aliphatic hydroxyl groups is 1. The average molecular weight is 304 g/mol. The van der Waals surface area contributed by atoms with Gasteiger partial charge in [0.05, 0.1) is 13.2 Å². The number of phenols is 1. The molecule has 1 rings (SSSR count). The van der Waals surface area contributed by atoms with Crippen LogP contribution in [0, 0.1) is 0 Å². The molecule has 1 unspecified atom stereocenters. The van der Waals surface area contributed by atoms with Crippen molar-refractivity contribution in [1.82, 2.24) is 5.32 Å². The van der Waals surface area contributed by atoms with Gasteiger partial charge in [-0.3, -0.25) is 0 Å². The van der Waals surface area contributed by atoms with Gasteiger partial charge in [-0.15, -0.1) is 0 Å². The quantitative estimate of drug-likeness (QED) is 0.778. The van der Waals surface area contributed by atoms with Crippen LogP contribution in [0.5, 0.6) is 11.5 Å². The lowest BCUT2D eigenvalue weighted by Gasteiger charge is -2.18. The van der Waals surface area contributed by atoms with Crippen molar-refractivity contribution in [3.05, 3.63) is 21.7 Å². The van der Waals surface area contributed by atoms with Gasteiger partial charge in [-0.1, -0.05) is 6.92 Å². The number of hydrogen-bond donors (Lipinski definition) is 3. The van der Waals surface area contributed by atoms with Crippen molar-refractivity contribution >= 4 is 15.9 Å². The zero-order valence-electron chi connectivity index (χ0n) is 10.2. The SMILES string of the molecule is CCc1cc(OC)c(O)c(C(O)CNC)c1Br. The second-order valence-corrected chi connectivity index (χ2v) is 4.53. The Morgan fingerprint density at radius 3 is 2.65 bits per heavy atom. The van der Waals surface area contributed by atoms with E-state index in [0.717, 1.165) is 16.5 Å². The molecule has 0 aromatic heterocycles. The van der Waals surface area contributed by atoms with Gasteiger partial charge < -0.3 is 20.3 Å². The number of likely N-dealkylation sites (N-methyl/N-ethyl adjacent to an activating group) is 1. The molecule has 0 spiro atoms. The lowest BCUT2D eigenvalue weighted by atomic mass is 10.0. The van der Waals surface area contributed by atoms with Gasteiger partial charge in [0.2, 0.25) is 0 Å². The fraction of sp³-hybridized carbons (Fsp3) is 0.500. The molecule has 0 heterocycles. The minimum absolute atomic E-state index is 0.0145. The first kappa shape index (κ1) is 14.3. The van der Waals surface area contributed by atoms with Crippen LogP contribution < -0.4 is 10.1 Å². The third kappa shape index (κ3) is 2.91. The second kappa shape index (κ2) is 6.23. The molecule has 0 fully saturated rings. The normalized spacial score (nSPS) is 12.5. The maximum atomic E-state index is 10.0. The molecule has 1 aromatic carbocycles. The van der Waals surface area contributed by atoms with Gasteiger partial charge in [-0.2, -0.15) is 0 Å². The van der Waals surface area contributed by atoms with Gasteiger partial charge >= 0.3 is 0 Å². The van der Waals surface area contributed by atoms with Crippen molar-refractivity contribution in [3.8, 4) is 11.5 Å². The number of benzene rings is 1. The van der Waals surface area contributed by atoms with E-state index < -0.39 is 6.10 Å². The summed E-state index contributed by atoms with van der Waals surface area (Å²) in [6.07, 6.45) is 0.00558. The van der Waals surface area contributed by atoms with Crippen molar-refractivity contribution < 1.29 is 14.9 Å². The largest absolute Gasteiger partial charge is 0.504 e. The maximum Gasteiger partial charge on any atom is 0.164 e. The molecule has 0 aliphatic carbocycles. The number of ether oxygens (including phenoxy) is 1. The van der Waals surface area contributed by atoms with Crippen molar-refractivity contribution in [2.75, 3.05) is 20.7 Å². The Labute approximate surface area is 110 Å². The van der Waals surface area contributed by atoms with Gasteiger partial charge in [-0.25, -0.2) is 0 Å². The molecule has 4 nitrogen and oxygen atoms in total. The highest BCUT2D eigenvalue weighted by Crippen LogP contribution is 2.41. The van der Waals surface area contributed by atoms with Crippen LogP contribution in [0.15, 0.2) is 10.5 Å². The number of halogens is 1. The third-order valence-corrected chi connectivity index (χ3v) is 3.58. The number of aryl methyl sites for hydroxylation is 1. The van der Waals surface area contributed by atoms with E-state index in [1.807, 2.05) is 6.92 Å². The Hall–Kier alpha value is -0.780. The minimum atomic E-state index is -0.783. The highest BCUT2D eigenvalue weighted by atomic mass is 79.9. The molecule has 1 aromatic rings. The van der Waals surface area contributed by atoms with Crippen LogP contribution in [0.4, 0.5) is 0 Å². The molecule has 0 amide bonds. The zero-order chi connectivity index (χ0) is 13.0. The van der Waals surface area contributed by atoms with E-state index in [4.69, 9.17) is 4.74 Å². The molecule has 0 saturated carbocycles. The van der Waals surface area contributed by atoms with E-state index in [9.17, 15) is 10.2 Å². The lowest BCUT2D eigenvalue weighted by Crippen LogP contribution is -2.17. The Morgan fingerprint density at radius 2 is 2.18 bits per heavy atom. The van der Waals surface area contributed by atoms with Crippen LogP contribution in [0.1, 0.15) is 24.2 Å². The minimum Gasteiger partial charge on any atom is -0.504 e. The molecule has 0 bridgehead atoms. The first-order chi connectivity index (χ1) is 8.06. The van der Waals surface area contributed by atoms with Crippen LogP contribution in [-0.4, -0.2) is 30.9 Å². The van der Waals surface area contributed by atoms with Crippen LogP contribution in [0.2, 0.25) is 0 Å². The number of nitrogens with one attached hydrogen (secondary N) is 1. The number of aliphatic hydroxyl groups excluding tert-OH is 1. The van der Waals surface area contributed by atoms with Gasteiger partial charge in [0.1, 0.15) is 0 Å². The van der Waals surface area contributed by atoms with Crippen LogP contribution in [0.3, 0.4) is 0 Å². The fourth-order valence-electron chi connectivity index (χ4n) is 1.71. The number of phenolic OH excluding ortho intramolecular Hbond substituents is 1. The molecule has 5 heteroatoms. The van der Waals surface area contributed by atoms with E-state index in [0.29, 0.717) is 17.9 Å². The summed E-state index contributed by atoms with van der Waals surface area (Å²) in [5.74, 6) is 0.370. The van der Waals surface area contributed by atoms with Crippen molar-refractivity contribution in [2.45, 2.75) is 19.4 Å². The Morgan fingerprint density at radius 1 is 1.53 bits per heavy atom. The van der Waals surface area contributed by atoms with Crippen LogP contribution in [0.25, 0.3) is 0 Å². The van der Waals surface area contributed by atoms with Gasteiger partial charge in [0, 0.05) is 16.6 Å². The maximum absolute atomic E-state index is 10.0. The van der Waals surface area contributed by atoms with Gasteiger partial charge in [0.15, 0.2) is 11.5 Å². The summed E-state index contributed by atoms with van der Waals surface area (Å²) in [4.78, 5) is 0. The zero-order valence-corrected chi connectivity index (χ0v) is 11.8. The summed E-state index contributed by atoms with van der Waals surface area (Å²) >= 11 is 3.42. The molecule has 96 valence electrons. The van der Waals surface area contributed by atoms with E-state index in [1.54, 1.807) is 13.1 Å². The molecular formula is C12H18BrNO3. The summed E-state index contributed by atoms with van der Waals surface area (Å²) in [6.45, 7) is 2.37. The number of hydrogen-bond acceptors (Lipinski definition) is 4. The Kier molecular flexibility index (Phi) is 5.24. The summed E-state index contributed by atoms with van der Waals surface area (Å²) in [7, 11) is 3.24. The van der Waals surface area contributed by atoms with Gasteiger partial charge in [0.25, 0.3) is 0 Å². The number of rotatable bonds is 5. The molecule has 0 saturated heterocycles. The molecular weight excluding hydrogens is 286 g/mol. The average Bonchev–Trinajstić information content (AvgIpc) is 2.30. The Bertz CT molecular complexity index is 368. The monoisotopic (exact) mass is 303 g/mol. The van der Waals surface area contributed by atoms with E-state index in [2.05, 4.69) is 21.2 Å². The molecule has 0 aliphatic rings. The predicted octanol–water partition coefficient (Wildman–Crippen LogP) is 1.98. The molecule has 0 aliphatic heterocycles. The summed E-state index contributed by atoms with van der Waals surface area (Å²) < 4.78 is 5.85. The Balaban J connectivity index is 3.34. The van der Waals surface area contributed by atoms with E-state index in [1.165, 1.54) is 7.11 Å². The second-order valence-electron chi connectivity index (χ2n) is 3.74. The highest BCUT2D eigenvalue weighted by molar-refractivity contribution is 9.10. The first-order valence-electron chi connectivity index (χ1n) is 5.47. The van der Waals surface area contributed by atoms with Crippen molar-refractivity contribution in [2.24, 2.45) is 0 Å². The van der Waals surface area contributed by atoms with E-state index in [-0.39, 0.29) is 5.75 Å². The van der Waals surface area contributed by atoms with E-state index >= 15 is 0 Å². The number of methoxy groups -OCH3 is 1. The molecule has 1 atom stereocenters. The van der Waals surface area contributed by atoms with Crippen molar-refractivity contribution in [3.63, 3.8) is 0 Å². The summed E-state index contributed by atoms with van der Waals surface area (Å²) in [5.41, 5.74) is 1.46. The molecule has 0 radical (unpaired) electrons.